The molecular formula is C20H22N2. The predicted molar refractivity (Wildman–Crippen MR) is 95.8 cm³/mol. The van der Waals surface area contributed by atoms with Crippen LogP contribution in [0.3, 0.4) is 0 Å². The molecule has 22 heavy (non-hydrogen) atoms. The minimum absolute atomic E-state index is 0.958. The quantitative estimate of drug-likeness (QED) is 0.593. The smallest absolute Gasteiger partial charge is 0.0977 e. The number of pyridine rings is 2. The number of hydrogen-bond acceptors (Lipinski definition) is 2. The minimum atomic E-state index is 0.958. The van der Waals surface area contributed by atoms with Crippen LogP contribution in [0.5, 0.6) is 0 Å². The molecule has 3 rings (SSSR count). The molecule has 0 aliphatic heterocycles. The Morgan fingerprint density at radius 1 is 0.545 bits per heavy atom. The zero-order chi connectivity index (χ0) is 16.3. The Labute approximate surface area is 131 Å². The largest absolute Gasteiger partial charge is 0.251 e. The summed E-state index contributed by atoms with van der Waals surface area (Å²) < 4.78 is 0. The van der Waals surface area contributed by atoms with Gasteiger partial charge in [-0.1, -0.05) is 13.2 Å². The first-order valence-corrected chi connectivity index (χ1v) is 7.60. The van der Waals surface area contributed by atoms with Crippen LogP contribution in [0.25, 0.3) is 35.0 Å². The molecule has 2 aromatic heterocycles. The van der Waals surface area contributed by atoms with Gasteiger partial charge in [0.25, 0.3) is 0 Å². The summed E-state index contributed by atoms with van der Waals surface area (Å²) in [6.45, 7) is 21.2. The number of benzene rings is 1. The zero-order valence-electron chi connectivity index (χ0n) is 14.3. The van der Waals surface area contributed by atoms with Crippen molar-refractivity contribution in [3.8, 4) is 0 Å². The van der Waals surface area contributed by atoms with Gasteiger partial charge in [-0.3, -0.25) is 9.97 Å². The van der Waals surface area contributed by atoms with Gasteiger partial charge in [-0.05, 0) is 74.2 Å². The molecule has 0 aliphatic rings. The van der Waals surface area contributed by atoms with Gasteiger partial charge in [0, 0.05) is 22.2 Å². The molecular weight excluding hydrogens is 268 g/mol. The maximum atomic E-state index is 4.85. The highest BCUT2D eigenvalue weighted by molar-refractivity contribution is 6.06. The van der Waals surface area contributed by atoms with E-state index < -0.39 is 0 Å². The van der Waals surface area contributed by atoms with Crippen molar-refractivity contribution >= 4 is 35.0 Å². The molecule has 0 amide bonds. The Morgan fingerprint density at radius 2 is 0.864 bits per heavy atom. The molecule has 3 aromatic rings. The first kappa shape index (κ1) is 14.7. The average Bonchev–Trinajstić information content (AvgIpc) is 2.47. The van der Waals surface area contributed by atoms with E-state index in [2.05, 4.69) is 54.7 Å². The van der Waals surface area contributed by atoms with Crippen LogP contribution in [-0.4, -0.2) is 9.97 Å². The Balaban J connectivity index is 2.81. The lowest BCUT2D eigenvalue weighted by Crippen LogP contribution is -2.26. The van der Waals surface area contributed by atoms with Crippen LogP contribution in [0.4, 0.5) is 0 Å². The number of hydrogen-bond donors (Lipinski definition) is 0. The summed E-state index contributed by atoms with van der Waals surface area (Å²) in [5.41, 5.74) is 8.93. The standard InChI is InChI=1S/C20H22N2/c1-9-11(3)17-13(5)14(6)18-12(4)10(2)16(8)22-20(18)19(17)21-15(9)7/h5-6H2,1-4,7-8H3. The van der Waals surface area contributed by atoms with Crippen molar-refractivity contribution in [2.24, 2.45) is 0 Å². The average molecular weight is 290 g/mol. The summed E-state index contributed by atoms with van der Waals surface area (Å²) in [5.74, 6) is 0. The monoisotopic (exact) mass is 290 g/mol. The zero-order valence-corrected chi connectivity index (χ0v) is 14.3. The number of aromatic nitrogens is 2. The lowest BCUT2D eigenvalue weighted by Gasteiger charge is -2.15. The number of rotatable bonds is 0. The van der Waals surface area contributed by atoms with Crippen LogP contribution < -0.4 is 10.4 Å². The second-order valence-electron chi connectivity index (χ2n) is 6.30. The van der Waals surface area contributed by atoms with Crippen molar-refractivity contribution in [2.45, 2.75) is 41.5 Å². The molecule has 0 unspecified atom stereocenters. The van der Waals surface area contributed by atoms with Gasteiger partial charge in [0.05, 0.1) is 11.0 Å². The van der Waals surface area contributed by atoms with Crippen LogP contribution in [0, 0.1) is 41.5 Å². The predicted octanol–water partition coefficient (Wildman–Crippen LogP) is 3.45. The van der Waals surface area contributed by atoms with Gasteiger partial charge in [-0.2, -0.15) is 0 Å². The molecule has 0 spiro atoms. The highest BCUT2D eigenvalue weighted by Gasteiger charge is 2.15. The van der Waals surface area contributed by atoms with E-state index in [1.54, 1.807) is 0 Å². The lowest BCUT2D eigenvalue weighted by atomic mass is 9.95. The Bertz CT molecular complexity index is 973. The van der Waals surface area contributed by atoms with E-state index in [1.807, 2.05) is 0 Å². The molecule has 2 nitrogen and oxygen atoms in total. The summed E-state index contributed by atoms with van der Waals surface area (Å²) in [6, 6.07) is 0. The van der Waals surface area contributed by atoms with E-state index >= 15 is 0 Å². The Kier molecular flexibility index (Phi) is 3.10. The van der Waals surface area contributed by atoms with E-state index in [0.29, 0.717) is 0 Å². The van der Waals surface area contributed by atoms with E-state index in [9.17, 15) is 0 Å². The molecule has 0 radical (unpaired) electrons. The Morgan fingerprint density at radius 3 is 1.18 bits per heavy atom. The van der Waals surface area contributed by atoms with Gasteiger partial charge in [0.1, 0.15) is 0 Å². The molecule has 0 atom stereocenters. The topological polar surface area (TPSA) is 25.8 Å². The number of aryl methyl sites for hydroxylation is 4. The highest BCUT2D eigenvalue weighted by Crippen LogP contribution is 2.26. The van der Waals surface area contributed by atoms with Gasteiger partial charge in [-0.25, -0.2) is 0 Å². The summed E-state index contributed by atoms with van der Waals surface area (Å²) in [4.78, 5) is 9.70. The SMILES string of the molecule is C=c1c(=C)c2c(C)c(C)c(C)nc2c2nc(C)c(C)c(C)c12. The van der Waals surface area contributed by atoms with Crippen LogP contribution in [0.2, 0.25) is 0 Å². The van der Waals surface area contributed by atoms with Gasteiger partial charge in [0.2, 0.25) is 0 Å². The maximum Gasteiger partial charge on any atom is 0.0977 e. The van der Waals surface area contributed by atoms with Crippen LogP contribution in [0.1, 0.15) is 33.6 Å². The summed E-state index contributed by atoms with van der Waals surface area (Å²) in [5, 5.41) is 4.17. The second kappa shape index (κ2) is 4.64. The van der Waals surface area contributed by atoms with Crippen LogP contribution in [-0.2, 0) is 0 Å². The second-order valence-corrected chi connectivity index (χ2v) is 6.30. The summed E-state index contributed by atoms with van der Waals surface area (Å²) >= 11 is 0. The molecule has 2 heterocycles. The normalized spacial score (nSPS) is 11.5. The lowest BCUT2D eigenvalue weighted by molar-refractivity contribution is 1.14. The third kappa shape index (κ3) is 1.73. The van der Waals surface area contributed by atoms with E-state index in [1.165, 1.54) is 22.3 Å². The first-order valence-electron chi connectivity index (χ1n) is 7.60. The molecule has 0 saturated heterocycles. The van der Waals surface area contributed by atoms with Crippen molar-refractivity contribution in [2.75, 3.05) is 0 Å². The number of fused-ring (bicyclic) bond motifs is 3. The fourth-order valence-corrected chi connectivity index (χ4v) is 3.27. The summed E-state index contributed by atoms with van der Waals surface area (Å²) in [7, 11) is 0. The Hall–Kier alpha value is -2.22. The molecule has 112 valence electrons. The maximum absolute atomic E-state index is 4.85. The van der Waals surface area contributed by atoms with Gasteiger partial charge < -0.3 is 0 Å². The van der Waals surface area contributed by atoms with E-state index in [-0.39, 0.29) is 0 Å². The molecule has 0 aliphatic carbocycles. The van der Waals surface area contributed by atoms with Gasteiger partial charge in [0.15, 0.2) is 0 Å². The first-order chi connectivity index (χ1) is 10.3. The molecule has 0 bridgehead atoms. The van der Waals surface area contributed by atoms with Crippen LogP contribution >= 0.6 is 0 Å². The van der Waals surface area contributed by atoms with Crippen molar-refractivity contribution in [3.05, 3.63) is 44.1 Å². The highest BCUT2D eigenvalue weighted by atomic mass is 14.8. The van der Waals surface area contributed by atoms with Gasteiger partial charge >= 0.3 is 0 Å². The molecule has 2 heteroatoms. The minimum Gasteiger partial charge on any atom is -0.251 e. The fraction of sp³-hybridized carbons (Fsp3) is 0.300. The van der Waals surface area contributed by atoms with Crippen molar-refractivity contribution in [1.29, 1.82) is 0 Å². The summed E-state index contributed by atoms with van der Waals surface area (Å²) in [6.07, 6.45) is 0. The van der Waals surface area contributed by atoms with E-state index in [4.69, 9.17) is 9.97 Å². The van der Waals surface area contributed by atoms with Gasteiger partial charge in [-0.15, -0.1) is 0 Å². The third-order valence-corrected chi connectivity index (χ3v) is 5.19. The molecule has 0 N–H and O–H groups in total. The third-order valence-electron chi connectivity index (χ3n) is 5.19. The molecule has 0 saturated carbocycles. The van der Waals surface area contributed by atoms with Crippen molar-refractivity contribution in [3.63, 3.8) is 0 Å². The van der Waals surface area contributed by atoms with E-state index in [0.717, 1.165) is 43.6 Å². The molecule has 0 fully saturated rings. The van der Waals surface area contributed by atoms with Crippen molar-refractivity contribution in [1.82, 2.24) is 9.97 Å². The van der Waals surface area contributed by atoms with Crippen molar-refractivity contribution < 1.29 is 0 Å². The van der Waals surface area contributed by atoms with Crippen LogP contribution in [0.15, 0.2) is 0 Å². The number of nitrogens with zero attached hydrogens (tertiary/aromatic N) is 2. The fourth-order valence-electron chi connectivity index (χ4n) is 3.27. The molecule has 1 aromatic carbocycles.